The Morgan fingerprint density at radius 1 is 1.05 bits per heavy atom. The van der Waals surface area contributed by atoms with Crippen molar-refractivity contribution >= 4 is 0 Å². The van der Waals surface area contributed by atoms with E-state index in [0.717, 1.165) is 12.0 Å². The molecule has 2 atom stereocenters. The maximum absolute atomic E-state index is 3.75. The fraction of sp³-hybridized carbons (Fsp3) is 0.700. The van der Waals surface area contributed by atoms with Crippen LogP contribution in [0.4, 0.5) is 0 Å². The van der Waals surface area contributed by atoms with Crippen molar-refractivity contribution in [3.05, 3.63) is 35.4 Å². The number of benzene rings is 1. The van der Waals surface area contributed by atoms with Gasteiger partial charge < -0.3 is 5.32 Å². The van der Waals surface area contributed by atoms with Gasteiger partial charge >= 0.3 is 0 Å². The second-order valence-electron chi connectivity index (χ2n) is 7.74. The molecule has 0 aliphatic heterocycles. The lowest BCUT2D eigenvalue weighted by Crippen LogP contribution is -2.30. The first-order valence-corrected chi connectivity index (χ1v) is 8.84. The Hall–Kier alpha value is -0.820. The SMILES string of the molecule is CCCNC1CCCCC(c2ccc(C(C)(C)C)cc2)C1. The van der Waals surface area contributed by atoms with Crippen molar-refractivity contribution < 1.29 is 0 Å². The summed E-state index contributed by atoms with van der Waals surface area (Å²) in [5.41, 5.74) is 3.25. The Labute approximate surface area is 131 Å². The van der Waals surface area contributed by atoms with Crippen LogP contribution >= 0.6 is 0 Å². The van der Waals surface area contributed by atoms with Gasteiger partial charge in [-0.1, -0.05) is 64.8 Å². The fourth-order valence-corrected chi connectivity index (χ4v) is 3.45. The smallest absolute Gasteiger partial charge is 0.00728 e. The molecule has 1 aromatic rings. The lowest BCUT2D eigenvalue weighted by molar-refractivity contribution is 0.439. The summed E-state index contributed by atoms with van der Waals surface area (Å²) in [6.07, 6.45) is 8.04. The molecule has 1 fully saturated rings. The number of hydrogen-bond donors (Lipinski definition) is 1. The minimum Gasteiger partial charge on any atom is -0.314 e. The van der Waals surface area contributed by atoms with Crippen LogP contribution < -0.4 is 5.32 Å². The molecule has 1 saturated carbocycles. The van der Waals surface area contributed by atoms with E-state index in [1.807, 2.05) is 0 Å². The van der Waals surface area contributed by atoms with Crippen LogP contribution in [-0.2, 0) is 5.41 Å². The molecule has 1 aromatic carbocycles. The second-order valence-corrected chi connectivity index (χ2v) is 7.74. The first-order valence-electron chi connectivity index (χ1n) is 8.84. The third-order valence-corrected chi connectivity index (χ3v) is 4.86. The van der Waals surface area contributed by atoms with Crippen molar-refractivity contribution in [2.24, 2.45) is 0 Å². The molecule has 0 aromatic heterocycles. The zero-order valence-corrected chi connectivity index (χ0v) is 14.4. The lowest BCUT2D eigenvalue weighted by atomic mass is 9.84. The summed E-state index contributed by atoms with van der Waals surface area (Å²) in [6, 6.07) is 10.2. The molecule has 118 valence electrons. The standard InChI is InChI=1S/C20H33N/c1-5-14-21-19-9-7-6-8-17(15-19)16-10-12-18(13-11-16)20(2,3)4/h10-13,17,19,21H,5-9,14-15H2,1-4H3. The summed E-state index contributed by atoms with van der Waals surface area (Å²) in [5.74, 6) is 0.746. The summed E-state index contributed by atoms with van der Waals surface area (Å²) in [5, 5.41) is 3.75. The van der Waals surface area contributed by atoms with Crippen LogP contribution in [-0.4, -0.2) is 12.6 Å². The van der Waals surface area contributed by atoms with Crippen molar-refractivity contribution in [2.45, 2.75) is 83.6 Å². The Balaban J connectivity index is 2.05. The zero-order valence-electron chi connectivity index (χ0n) is 14.4. The van der Waals surface area contributed by atoms with Gasteiger partial charge in [-0.3, -0.25) is 0 Å². The van der Waals surface area contributed by atoms with Crippen molar-refractivity contribution in [2.75, 3.05) is 6.54 Å². The molecule has 1 nitrogen and oxygen atoms in total. The van der Waals surface area contributed by atoms with Gasteiger partial charge in [-0.05, 0) is 54.7 Å². The zero-order chi connectivity index (χ0) is 15.3. The van der Waals surface area contributed by atoms with E-state index in [-0.39, 0.29) is 5.41 Å². The van der Waals surface area contributed by atoms with Crippen molar-refractivity contribution in [1.82, 2.24) is 5.32 Å². The molecule has 1 heteroatoms. The summed E-state index contributed by atoms with van der Waals surface area (Å²) in [6.45, 7) is 10.3. The van der Waals surface area contributed by atoms with Gasteiger partial charge in [0.2, 0.25) is 0 Å². The van der Waals surface area contributed by atoms with Crippen LogP contribution in [0.15, 0.2) is 24.3 Å². The highest BCUT2D eigenvalue weighted by atomic mass is 14.9. The van der Waals surface area contributed by atoms with Gasteiger partial charge in [0.05, 0.1) is 0 Å². The molecule has 1 aliphatic carbocycles. The Morgan fingerprint density at radius 3 is 2.33 bits per heavy atom. The van der Waals surface area contributed by atoms with Crippen LogP contribution in [0, 0.1) is 0 Å². The highest BCUT2D eigenvalue weighted by Gasteiger charge is 2.21. The molecule has 0 amide bonds. The first kappa shape index (κ1) is 16.5. The third kappa shape index (κ3) is 4.85. The molecular formula is C20H33N. The number of hydrogen-bond acceptors (Lipinski definition) is 1. The normalized spacial score (nSPS) is 23.8. The molecule has 0 bridgehead atoms. The number of nitrogens with one attached hydrogen (secondary N) is 1. The van der Waals surface area contributed by atoms with Crippen molar-refractivity contribution in [3.8, 4) is 0 Å². The summed E-state index contributed by atoms with van der Waals surface area (Å²) in [7, 11) is 0. The van der Waals surface area contributed by atoms with Crippen LogP contribution in [0.1, 0.15) is 83.3 Å². The van der Waals surface area contributed by atoms with Crippen LogP contribution in [0.5, 0.6) is 0 Å². The largest absolute Gasteiger partial charge is 0.314 e. The average Bonchev–Trinajstić information content (AvgIpc) is 2.70. The molecular weight excluding hydrogens is 254 g/mol. The Morgan fingerprint density at radius 2 is 1.71 bits per heavy atom. The quantitative estimate of drug-likeness (QED) is 0.731. The first-order chi connectivity index (χ1) is 10.0. The van der Waals surface area contributed by atoms with Crippen LogP contribution in [0.3, 0.4) is 0 Å². The predicted molar refractivity (Wildman–Crippen MR) is 93.0 cm³/mol. The van der Waals surface area contributed by atoms with E-state index in [2.05, 4.69) is 57.3 Å². The molecule has 0 spiro atoms. The molecule has 0 saturated heterocycles. The highest BCUT2D eigenvalue weighted by molar-refractivity contribution is 5.29. The lowest BCUT2D eigenvalue weighted by Gasteiger charge is -2.23. The number of rotatable bonds is 4. The molecule has 1 aliphatic rings. The van der Waals surface area contributed by atoms with Crippen molar-refractivity contribution in [1.29, 1.82) is 0 Å². The van der Waals surface area contributed by atoms with Gasteiger partial charge in [0.25, 0.3) is 0 Å². The van der Waals surface area contributed by atoms with Gasteiger partial charge in [-0.15, -0.1) is 0 Å². The maximum atomic E-state index is 3.75. The minimum absolute atomic E-state index is 0.257. The van der Waals surface area contributed by atoms with E-state index in [9.17, 15) is 0 Å². The Bertz CT molecular complexity index is 412. The molecule has 2 rings (SSSR count). The van der Waals surface area contributed by atoms with E-state index in [1.54, 1.807) is 5.56 Å². The van der Waals surface area contributed by atoms with Gasteiger partial charge in [0.15, 0.2) is 0 Å². The molecule has 21 heavy (non-hydrogen) atoms. The molecule has 2 unspecified atom stereocenters. The van der Waals surface area contributed by atoms with Gasteiger partial charge in [0, 0.05) is 6.04 Å². The molecule has 1 N–H and O–H groups in total. The van der Waals surface area contributed by atoms with Crippen molar-refractivity contribution in [3.63, 3.8) is 0 Å². The second kappa shape index (κ2) is 7.45. The topological polar surface area (TPSA) is 12.0 Å². The van der Waals surface area contributed by atoms with Gasteiger partial charge in [-0.2, -0.15) is 0 Å². The van der Waals surface area contributed by atoms with E-state index < -0.39 is 0 Å². The minimum atomic E-state index is 0.257. The van der Waals surface area contributed by atoms with E-state index in [4.69, 9.17) is 0 Å². The summed E-state index contributed by atoms with van der Waals surface area (Å²) < 4.78 is 0. The van der Waals surface area contributed by atoms with Gasteiger partial charge in [-0.25, -0.2) is 0 Å². The fourth-order valence-electron chi connectivity index (χ4n) is 3.45. The predicted octanol–water partition coefficient (Wildman–Crippen LogP) is 5.40. The maximum Gasteiger partial charge on any atom is 0.00728 e. The van der Waals surface area contributed by atoms with Crippen LogP contribution in [0.25, 0.3) is 0 Å². The summed E-state index contributed by atoms with van der Waals surface area (Å²) >= 11 is 0. The third-order valence-electron chi connectivity index (χ3n) is 4.86. The molecule has 0 heterocycles. The van der Waals surface area contributed by atoms with Crippen LogP contribution in [0.2, 0.25) is 0 Å². The van der Waals surface area contributed by atoms with Gasteiger partial charge in [0.1, 0.15) is 0 Å². The van der Waals surface area contributed by atoms with E-state index in [1.165, 1.54) is 50.6 Å². The molecule has 0 radical (unpaired) electrons. The Kier molecular flexibility index (Phi) is 5.87. The monoisotopic (exact) mass is 287 g/mol. The van der Waals surface area contributed by atoms with E-state index in [0.29, 0.717) is 0 Å². The highest BCUT2D eigenvalue weighted by Crippen LogP contribution is 2.33. The average molecular weight is 287 g/mol. The van der Waals surface area contributed by atoms with E-state index >= 15 is 0 Å². The summed E-state index contributed by atoms with van der Waals surface area (Å²) in [4.78, 5) is 0.